The fourth-order valence-corrected chi connectivity index (χ4v) is 5.50. The van der Waals surface area contributed by atoms with E-state index in [1.54, 1.807) is 12.1 Å². The molecule has 236 valence electrons. The topological polar surface area (TPSA) is 144 Å². The first-order chi connectivity index (χ1) is 20.2. The molecule has 42 heavy (non-hydrogen) atoms. The number of aromatic hydroxyl groups is 1. The first-order valence-corrected chi connectivity index (χ1v) is 16.1. The average molecular weight is 588 g/mol. The van der Waals surface area contributed by atoms with E-state index < -0.39 is 18.1 Å². The number of carbonyl (C=O) groups excluding carboxylic acids is 3. The normalized spacial score (nSPS) is 17.7. The quantitative estimate of drug-likeness (QED) is 0.0457. The zero-order valence-corrected chi connectivity index (χ0v) is 25.5. The summed E-state index contributed by atoms with van der Waals surface area (Å²) in [6.07, 6.45) is 16.0. The molecule has 0 saturated carbocycles. The number of carbonyl (C=O) groups is 3. The van der Waals surface area contributed by atoms with Crippen molar-refractivity contribution in [3.63, 3.8) is 0 Å². The number of hydrogen-bond acceptors (Lipinski definition) is 7. The van der Waals surface area contributed by atoms with E-state index in [9.17, 15) is 29.7 Å². The second-order valence-electron chi connectivity index (χ2n) is 12.0. The molecule has 0 radical (unpaired) electrons. The van der Waals surface area contributed by atoms with Crippen molar-refractivity contribution in [1.82, 2.24) is 5.32 Å². The molecule has 1 heterocycles. The predicted octanol–water partition coefficient (Wildman–Crippen LogP) is 6.00. The third-order valence-corrected chi connectivity index (χ3v) is 8.24. The summed E-state index contributed by atoms with van der Waals surface area (Å²) in [5.74, 6) is -0.800. The number of unbranched alkanes of at least 4 members (excludes halogenated alkanes) is 11. The van der Waals surface area contributed by atoms with Crippen LogP contribution in [0, 0.1) is 5.92 Å². The number of phenolic OH excluding ortho intramolecular Hbond substituents is 1. The van der Waals surface area contributed by atoms with E-state index in [4.69, 9.17) is 5.11 Å². The van der Waals surface area contributed by atoms with E-state index in [0.717, 1.165) is 89.0 Å². The van der Waals surface area contributed by atoms with Crippen molar-refractivity contribution in [2.75, 3.05) is 6.61 Å². The summed E-state index contributed by atoms with van der Waals surface area (Å²) in [4.78, 5) is 37.4. The number of Topliss-reactive ketones (excluding diaryl/α,β-unsaturated/α-hetero) is 2. The maximum Gasteiger partial charge on any atom is 0.259 e. The van der Waals surface area contributed by atoms with Gasteiger partial charge in [0.2, 0.25) is 0 Å². The molecular formula is C34H53NO7. The zero-order valence-electron chi connectivity index (χ0n) is 25.5. The Kier molecular flexibility index (Phi) is 17.1. The minimum Gasteiger partial charge on any atom is -0.511 e. The highest BCUT2D eigenvalue weighted by Gasteiger charge is 2.39. The third-order valence-electron chi connectivity index (χ3n) is 8.24. The lowest BCUT2D eigenvalue weighted by Gasteiger charge is -2.12. The molecule has 1 amide bonds. The second-order valence-corrected chi connectivity index (χ2v) is 12.0. The Hall–Kier alpha value is -2.71. The largest absolute Gasteiger partial charge is 0.511 e. The number of ketones is 2. The molecule has 1 unspecified atom stereocenters. The van der Waals surface area contributed by atoms with Gasteiger partial charge in [-0.2, -0.15) is 0 Å². The maximum atomic E-state index is 12.8. The molecule has 5 N–H and O–H groups in total. The molecule has 2 rings (SSSR count). The number of aliphatic hydroxyl groups is 3. The van der Waals surface area contributed by atoms with Gasteiger partial charge in [-0.1, -0.05) is 89.7 Å². The maximum absolute atomic E-state index is 12.8. The van der Waals surface area contributed by atoms with Crippen LogP contribution in [0.4, 0.5) is 0 Å². The number of amides is 1. The van der Waals surface area contributed by atoms with Gasteiger partial charge in [0.15, 0.2) is 5.78 Å². The molecule has 1 aliphatic rings. The van der Waals surface area contributed by atoms with E-state index in [0.29, 0.717) is 37.9 Å². The number of hydrogen-bond donors (Lipinski definition) is 5. The summed E-state index contributed by atoms with van der Waals surface area (Å²) in [5.41, 5.74) is 0.694. The highest BCUT2D eigenvalue weighted by atomic mass is 16.3. The summed E-state index contributed by atoms with van der Waals surface area (Å²) in [6, 6.07) is 5.79. The zero-order chi connectivity index (χ0) is 30.7. The Bertz CT molecular complexity index is 988. The fourth-order valence-electron chi connectivity index (χ4n) is 5.50. The Morgan fingerprint density at radius 3 is 1.86 bits per heavy atom. The Labute approximate surface area is 251 Å². The standard InChI is InChI=1S/C34H53NO7/c1-25(32(40)31-33(41)30(35-34(31)42)23-26-19-21-28(38)22-20-26)15-11-7-5-6-9-13-17-27(37)16-12-8-3-2-4-10-14-18-29(39)24-36/h19-22,25,29-30,36,38-40H,2-18,23-24H2,1H3,(H,35,42)/b32-31+/t25?,29-,30+/m1/s1. The summed E-state index contributed by atoms with van der Waals surface area (Å²) >= 11 is 0. The van der Waals surface area contributed by atoms with Gasteiger partial charge in [0.05, 0.1) is 18.8 Å². The van der Waals surface area contributed by atoms with Crippen molar-refractivity contribution >= 4 is 17.5 Å². The summed E-state index contributed by atoms with van der Waals surface area (Å²) in [5, 5.41) is 40.9. The minimum atomic E-state index is -0.709. The van der Waals surface area contributed by atoms with Gasteiger partial charge in [-0.15, -0.1) is 0 Å². The van der Waals surface area contributed by atoms with Gasteiger partial charge in [-0.25, -0.2) is 0 Å². The number of benzene rings is 1. The van der Waals surface area contributed by atoms with Gasteiger partial charge in [0.1, 0.15) is 22.9 Å². The van der Waals surface area contributed by atoms with Crippen LogP contribution in [0.25, 0.3) is 0 Å². The van der Waals surface area contributed by atoms with Crippen LogP contribution in [0.15, 0.2) is 35.6 Å². The van der Waals surface area contributed by atoms with Gasteiger partial charge in [0, 0.05) is 25.2 Å². The lowest BCUT2D eigenvalue weighted by molar-refractivity contribution is -0.119. The summed E-state index contributed by atoms with van der Waals surface area (Å²) in [6.45, 7) is 1.69. The van der Waals surface area contributed by atoms with Crippen LogP contribution in [0.5, 0.6) is 5.75 Å². The van der Waals surface area contributed by atoms with Crippen LogP contribution in [-0.2, 0) is 20.8 Å². The van der Waals surface area contributed by atoms with Crippen LogP contribution in [-0.4, -0.2) is 56.7 Å². The SMILES string of the molecule is CC(CCCCCCCCC(=O)CCCCCCCCC[C@@H](O)CO)/C(O)=C1\C(=O)N[C@@H](Cc2ccc(O)cc2)C1=O. The highest BCUT2D eigenvalue weighted by Crippen LogP contribution is 2.25. The molecule has 0 aromatic heterocycles. The molecular weight excluding hydrogens is 534 g/mol. The molecule has 1 saturated heterocycles. The number of allylic oxidation sites excluding steroid dienone is 1. The van der Waals surface area contributed by atoms with Crippen LogP contribution in [0.2, 0.25) is 0 Å². The van der Waals surface area contributed by atoms with Crippen molar-refractivity contribution in [2.45, 2.75) is 135 Å². The average Bonchev–Trinajstić information content (AvgIpc) is 3.25. The lowest BCUT2D eigenvalue weighted by Crippen LogP contribution is -2.31. The number of phenols is 1. The Morgan fingerprint density at radius 1 is 0.810 bits per heavy atom. The molecule has 0 spiro atoms. The molecule has 1 aliphatic heterocycles. The highest BCUT2D eigenvalue weighted by molar-refractivity contribution is 6.27. The monoisotopic (exact) mass is 587 g/mol. The van der Waals surface area contributed by atoms with Crippen molar-refractivity contribution < 1.29 is 34.8 Å². The number of rotatable bonds is 23. The van der Waals surface area contributed by atoms with Crippen molar-refractivity contribution in [3.05, 3.63) is 41.2 Å². The van der Waals surface area contributed by atoms with Crippen molar-refractivity contribution in [2.24, 2.45) is 5.92 Å². The van der Waals surface area contributed by atoms with E-state index in [-0.39, 0.29) is 35.4 Å². The van der Waals surface area contributed by atoms with Gasteiger partial charge in [0.25, 0.3) is 5.91 Å². The molecule has 1 aromatic rings. The first-order valence-electron chi connectivity index (χ1n) is 16.1. The number of aliphatic hydroxyl groups excluding tert-OH is 3. The van der Waals surface area contributed by atoms with E-state index in [1.807, 2.05) is 6.92 Å². The van der Waals surface area contributed by atoms with Crippen LogP contribution < -0.4 is 5.32 Å². The van der Waals surface area contributed by atoms with Crippen molar-refractivity contribution in [3.8, 4) is 5.75 Å². The Morgan fingerprint density at radius 2 is 1.31 bits per heavy atom. The molecule has 1 aromatic carbocycles. The molecule has 0 aliphatic carbocycles. The molecule has 3 atom stereocenters. The third kappa shape index (κ3) is 13.5. The molecule has 1 fully saturated rings. The van der Waals surface area contributed by atoms with E-state index in [1.165, 1.54) is 12.1 Å². The Balaban J connectivity index is 1.49. The van der Waals surface area contributed by atoms with Crippen LogP contribution >= 0.6 is 0 Å². The predicted molar refractivity (Wildman–Crippen MR) is 164 cm³/mol. The van der Waals surface area contributed by atoms with E-state index in [2.05, 4.69) is 5.32 Å². The second kappa shape index (κ2) is 20.2. The molecule has 8 heteroatoms. The summed E-state index contributed by atoms with van der Waals surface area (Å²) in [7, 11) is 0. The smallest absolute Gasteiger partial charge is 0.259 e. The van der Waals surface area contributed by atoms with Gasteiger partial charge < -0.3 is 25.7 Å². The van der Waals surface area contributed by atoms with Crippen LogP contribution in [0.3, 0.4) is 0 Å². The fraction of sp³-hybridized carbons (Fsp3) is 0.676. The minimum absolute atomic E-state index is 0.122. The summed E-state index contributed by atoms with van der Waals surface area (Å²) < 4.78 is 0. The lowest BCUT2D eigenvalue weighted by atomic mass is 9.94. The van der Waals surface area contributed by atoms with Crippen LogP contribution in [0.1, 0.15) is 122 Å². The molecule has 0 bridgehead atoms. The van der Waals surface area contributed by atoms with Gasteiger partial charge >= 0.3 is 0 Å². The first kappa shape index (κ1) is 35.5. The molecule has 8 nitrogen and oxygen atoms in total. The van der Waals surface area contributed by atoms with Gasteiger partial charge in [-0.3, -0.25) is 14.4 Å². The van der Waals surface area contributed by atoms with E-state index >= 15 is 0 Å². The van der Waals surface area contributed by atoms with Gasteiger partial charge in [-0.05, 0) is 43.4 Å². The number of nitrogens with one attached hydrogen (secondary N) is 1. The van der Waals surface area contributed by atoms with Crippen molar-refractivity contribution in [1.29, 1.82) is 0 Å².